The van der Waals surface area contributed by atoms with E-state index in [2.05, 4.69) is 0 Å². The fraction of sp³-hybridized carbons (Fsp3) is 0.625. The van der Waals surface area contributed by atoms with E-state index in [-0.39, 0.29) is 30.6 Å². The molecule has 0 fully saturated rings. The third-order valence-corrected chi connectivity index (χ3v) is 3.07. The monoisotopic (exact) mass is 328 g/mol. The minimum Gasteiger partial charge on any atom is -0.463 e. The molecule has 0 saturated heterocycles. The van der Waals surface area contributed by atoms with Gasteiger partial charge in [0.2, 0.25) is 6.79 Å². The highest BCUT2D eigenvalue weighted by molar-refractivity contribution is 5.90. The van der Waals surface area contributed by atoms with Gasteiger partial charge in [0.05, 0.1) is 19.3 Å². The minimum absolute atomic E-state index is 0.0570. The first kappa shape index (κ1) is 19.2. The molecule has 0 aromatic rings. The summed E-state index contributed by atoms with van der Waals surface area (Å²) in [6.45, 7) is 5.86. The molecule has 1 N–H and O–H groups in total. The van der Waals surface area contributed by atoms with Gasteiger partial charge in [-0.05, 0) is 19.3 Å². The van der Waals surface area contributed by atoms with Crippen molar-refractivity contribution in [1.82, 2.24) is 0 Å². The smallest absolute Gasteiger partial charge is 0.343 e. The Bertz CT molecular complexity index is 465. The van der Waals surface area contributed by atoms with Crippen LogP contribution in [-0.4, -0.2) is 49.8 Å². The van der Waals surface area contributed by atoms with Crippen molar-refractivity contribution in [2.75, 3.05) is 26.6 Å². The van der Waals surface area contributed by atoms with Gasteiger partial charge in [-0.2, -0.15) is 0 Å². The van der Waals surface area contributed by atoms with E-state index in [1.807, 2.05) is 0 Å². The molecule has 0 saturated carbocycles. The molecule has 0 radical (unpaired) electrons. The first-order valence-corrected chi connectivity index (χ1v) is 7.59. The molecule has 0 spiro atoms. The van der Waals surface area contributed by atoms with Gasteiger partial charge in [0.15, 0.2) is 0 Å². The number of ether oxygens (including phenoxy) is 4. The molecule has 0 bridgehead atoms. The Hall–Kier alpha value is -1.86. The van der Waals surface area contributed by atoms with Crippen LogP contribution in [0.4, 0.5) is 0 Å². The molecular weight excluding hydrogens is 304 g/mol. The second-order valence-electron chi connectivity index (χ2n) is 5.22. The fourth-order valence-corrected chi connectivity index (χ4v) is 1.85. The average Bonchev–Trinajstić information content (AvgIpc) is 2.50. The Morgan fingerprint density at radius 2 is 2.13 bits per heavy atom. The van der Waals surface area contributed by atoms with Crippen LogP contribution in [-0.2, 0) is 28.5 Å². The molecular formula is C16H24O7. The highest BCUT2D eigenvalue weighted by atomic mass is 16.7. The summed E-state index contributed by atoms with van der Waals surface area (Å²) in [4.78, 5) is 22.9. The summed E-state index contributed by atoms with van der Waals surface area (Å²) in [5.41, 5.74) is 0.105. The van der Waals surface area contributed by atoms with Crippen molar-refractivity contribution in [3.05, 3.63) is 23.5 Å². The normalized spacial score (nSPS) is 16.5. The summed E-state index contributed by atoms with van der Waals surface area (Å²) in [5, 5.41) is 10.1. The van der Waals surface area contributed by atoms with Crippen LogP contribution in [0.15, 0.2) is 23.5 Å². The molecule has 1 unspecified atom stereocenters. The van der Waals surface area contributed by atoms with Gasteiger partial charge < -0.3 is 24.1 Å². The van der Waals surface area contributed by atoms with Crippen LogP contribution in [0.1, 0.15) is 27.2 Å². The highest BCUT2D eigenvalue weighted by Crippen LogP contribution is 2.22. The molecule has 0 amide bonds. The summed E-state index contributed by atoms with van der Waals surface area (Å²) in [7, 11) is 0. The zero-order valence-corrected chi connectivity index (χ0v) is 13.7. The molecule has 1 rings (SSSR count). The largest absolute Gasteiger partial charge is 0.463 e. The van der Waals surface area contributed by atoms with Gasteiger partial charge in [-0.25, -0.2) is 9.59 Å². The number of esters is 2. The first-order chi connectivity index (χ1) is 11.0. The van der Waals surface area contributed by atoms with Gasteiger partial charge in [-0.1, -0.05) is 19.9 Å². The Kier molecular flexibility index (Phi) is 8.36. The lowest BCUT2D eigenvalue weighted by atomic mass is 9.98. The molecule has 1 atom stereocenters. The number of rotatable bonds is 9. The van der Waals surface area contributed by atoms with Crippen LogP contribution >= 0.6 is 0 Å². The van der Waals surface area contributed by atoms with Crippen LogP contribution < -0.4 is 0 Å². The molecule has 1 aliphatic heterocycles. The van der Waals surface area contributed by atoms with Crippen molar-refractivity contribution in [2.45, 2.75) is 33.3 Å². The van der Waals surface area contributed by atoms with E-state index in [9.17, 15) is 14.7 Å². The molecule has 7 heteroatoms. The Labute approximate surface area is 135 Å². The maximum atomic E-state index is 11.8. The molecule has 1 aliphatic rings. The highest BCUT2D eigenvalue weighted by Gasteiger charge is 2.31. The van der Waals surface area contributed by atoms with Crippen LogP contribution in [0.25, 0.3) is 0 Å². The summed E-state index contributed by atoms with van der Waals surface area (Å²) in [6.07, 6.45) is 2.53. The zero-order chi connectivity index (χ0) is 17.2. The summed E-state index contributed by atoms with van der Waals surface area (Å²) >= 11 is 0. The molecule has 1 heterocycles. The predicted octanol–water partition coefficient (Wildman–Crippen LogP) is 1.31. The molecule has 23 heavy (non-hydrogen) atoms. The fourth-order valence-electron chi connectivity index (χ4n) is 1.85. The summed E-state index contributed by atoms with van der Waals surface area (Å²) < 4.78 is 20.2. The lowest BCUT2D eigenvalue weighted by molar-refractivity contribution is -0.157. The van der Waals surface area contributed by atoms with Crippen molar-refractivity contribution < 1.29 is 33.6 Å². The van der Waals surface area contributed by atoms with Crippen LogP contribution in [0.5, 0.6) is 0 Å². The second-order valence-corrected chi connectivity index (χ2v) is 5.22. The number of hydrogen-bond acceptors (Lipinski definition) is 7. The van der Waals surface area contributed by atoms with Crippen molar-refractivity contribution in [3.63, 3.8) is 0 Å². The number of cyclic esters (lactones) is 1. The van der Waals surface area contributed by atoms with E-state index < -0.39 is 18.0 Å². The molecule has 7 nitrogen and oxygen atoms in total. The van der Waals surface area contributed by atoms with E-state index in [4.69, 9.17) is 18.9 Å². The molecule has 0 aromatic heterocycles. The van der Waals surface area contributed by atoms with E-state index >= 15 is 0 Å². The summed E-state index contributed by atoms with van der Waals surface area (Å²) in [5.74, 6) is -0.840. The van der Waals surface area contributed by atoms with Crippen LogP contribution in [0, 0.1) is 5.92 Å². The van der Waals surface area contributed by atoms with Crippen LogP contribution in [0.3, 0.4) is 0 Å². The summed E-state index contributed by atoms with van der Waals surface area (Å²) in [6, 6.07) is 0. The average molecular weight is 328 g/mol. The van der Waals surface area contributed by atoms with Crippen molar-refractivity contribution >= 4 is 11.9 Å². The Morgan fingerprint density at radius 3 is 2.78 bits per heavy atom. The van der Waals surface area contributed by atoms with E-state index in [1.54, 1.807) is 26.8 Å². The third-order valence-electron chi connectivity index (χ3n) is 3.07. The van der Waals surface area contributed by atoms with E-state index in [0.717, 1.165) is 0 Å². The molecule has 0 aromatic carbocycles. The quantitative estimate of drug-likeness (QED) is 0.388. The van der Waals surface area contributed by atoms with Crippen molar-refractivity contribution in [1.29, 1.82) is 0 Å². The molecule has 0 aliphatic carbocycles. The number of carbonyl (C=O) groups excluding carboxylic acids is 2. The number of carbonyl (C=O) groups is 2. The predicted molar refractivity (Wildman–Crippen MR) is 81.1 cm³/mol. The maximum absolute atomic E-state index is 11.8. The van der Waals surface area contributed by atoms with Crippen molar-refractivity contribution in [2.24, 2.45) is 5.92 Å². The third kappa shape index (κ3) is 6.42. The maximum Gasteiger partial charge on any atom is 0.343 e. The van der Waals surface area contributed by atoms with Gasteiger partial charge in [0.1, 0.15) is 17.9 Å². The number of hydrogen-bond donors (Lipinski definition) is 1. The van der Waals surface area contributed by atoms with Crippen LogP contribution in [0.2, 0.25) is 0 Å². The first-order valence-electron chi connectivity index (χ1n) is 7.59. The SMILES string of the molecule is CCOC(=O)/C=C/CCOCC1=C(C(O)C(C)C)C(=O)OCO1. The van der Waals surface area contributed by atoms with Gasteiger partial charge in [-0.15, -0.1) is 0 Å². The van der Waals surface area contributed by atoms with E-state index in [1.165, 1.54) is 6.08 Å². The van der Waals surface area contributed by atoms with Gasteiger partial charge in [-0.3, -0.25) is 0 Å². The minimum atomic E-state index is -0.967. The lowest BCUT2D eigenvalue weighted by Gasteiger charge is -2.25. The van der Waals surface area contributed by atoms with E-state index in [0.29, 0.717) is 19.6 Å². The van der Waals surface area contributed by atoms with Gasteiger partial charge in [0.25, 0.3) is 0 Å². The molecule has 130 valence electrons. The number of aliphatic hydroxyl groups excluding tert-OH is 1. The number of aliphatic hydroxyl groups is 1. The standard InChI is InChI=1S/C16H24O7/c1-4-21-13(17)7-5-6-8-20-9-12-14(15(18)11(2)3)16(19)23-10-22-12/h5,7,11,15,18H,4,6,8-10H2,1-3H3/b7-5+. The topological polar surface area (TPSA) is 91.3 Å². The van der Waals surface area contributed by atoms with Gasteiger partial charge >= 0.3 is 11.9 Å². The van der Waals surface area contributed by atoms with Gasteiger partial charge in [0, 0.05) is 6.08 Å². The Morgan fingerprint density at radius 1 is 1.39 bits per heavy atom. The van der Waals surface area contributed by atoms with Crippen molar-refractivity contribution in [3.8, 4) is 0 Å². The zero-order valence-electron chi connectivity index (χ0n) is 13.7. The lowest BCUT2D eigenvalue weighted by Crippen LogP contribution is -2.32. The second kappa shape index (κ2) is 10.0. The Balaban J connectivity index is 2.49.